The summed E-state index contributed by atoms with van der Waals surface area (Å²) >= 11 is 0. The largest absolute Gasteiger partial charge is 0.298 e. The van der Waals surface area contributed by atoms with Gasteiger partial charge in [-0.3, -0.25) is 4.90 Å². The van der Waals surface area contributed by atoms with Crippen LogP contribution in [0.5, 0.6) is 0 Å². The Morgan fingerprint density at radius 3 is 2.72 bits per heavy atom. The molecule has 7 heteroatoms. The molecule has 1 saturated heterocycles. The Balaban J connectivity index is 0.00000182. The molecule has 0 bridgehead atoms. The lowest BCUT2D eigenvalue weighted by Gasteiger charge is -2.32. The molecule has 0 spiro atoms. The number of fused-ring (bicyclic) bond motifs is 1. The van der Waals surface area contributed by atoms with Gasteiger partial charge in [0.25, 0.3) is 0 Å². The summed E-state index contributed by atoms with van der Waals surface area (Å²) in [5.41, 5.74) is 3.93. The topological polar surface area (TPSA) is 46.8 Å². The second-order valence-corrected chi connectivity index (χ2v) is 6.44. The van der Waals surface area contributed by atoms with Gasteiger partial charge < -0.3 is 0 Å². The fourth-order valence-corrected chi connectivity index (χ4v) is 3.55. The minimum absolute atomic E-state index is 0. The van der Waals surface area contributed by atoms with Gasteiger partial charge in [0, 0.05) is 38.4 Å². The van der Waals surface area contributed by atoms with Gasteiger partial charge in [-0.15, -0.1) is 12.4 Å². The Kier molecular flexibility index (Phi) is 5.30. The molecular weight excluding hydrogens is 341 g/mol. The van der Waals surface area contributed by atoms with Crippen molar-refractivity contribution in [3.8, 4) is 0 Å². The minimum atomic E-state index is -0.186. The molecule has 1 aliphatic rings. The summed E-state index contributed by atoms with van der Waals surface area (Å²) < 4.78 is 14.9. The van der Waals surface area contributed by atoms with Crippen LogP contribution in [-0.2, 0) is 13.6 Å². The zero-order chi connectivity index (χ0) is 16.5. The molecule has 4 rings (SSSR count). The lowest BCUT2D eigenvalue weighted by molar-refractivity contribution is 0.198. The predicted octanol–water partition coefficient (Wildman–Crippen LogP) is 3.30. The van der Waals surface area contributed by atoms with Gasteiger partial charge in [0.05, 0.1) is 5.69 Å². The highest BCUT2D eigenvalue weighted by molar-refractivity contribution is 5.85. The van der Waals surface area contributed by atoms with Gasteiger partial charge in [-0.25, -0.2) is 19.0 Å². The van der Waals surface area contributed by atoms with Gasteiger partial charge in [0.1, 0.15) is 11.3 Å². The summed E-state index contributed by atoms with van der Waals surface area (Å²) in [6.45, 7) is 2.84. The van der Waals surface area contributed by atoms with Crippen molar-refractivity contribution in [1.82, 2.24) is 24.6 Å². The van der Waals surface area contributed by atoms with Crippen LogP contribution in [0.1, 0.15) is 30.0 Å². The molecule has 0 N–H and O–H groups in total. The van der Waals surface area contributed by atoms with Crippen LogP contribution in [0, 0.1) is 5.82 Å². The average molecular weight is 362 g/mol. The smallest absolute Gasteiger partial charge is 0.176 e. The first-order valence-electron chi connectivity index (χ1n) is 8.31. The molecule has 1 fully saturated rings. The lowest BCUT2D eigenvalue weighted by atomic mass is 9.94. The van der Waals surface area contributed by atoms with Crippen molar-refractivity contribution in [3.63, 3.8) is 0 Å². The van der Waals surface area contributed by atoms with Crippen LogP contribution in [-0.4, -0.2) is 37.7 Å². The van der Waals surface area contributed by atoms with Crippen LogP contribution in [0.25, 0.3) is 11.2 Å². The lowest BCUT2D eigenvalue weighted by Crippen LogP contribution is -2.34. The van der Waals surface area contributed by atoms with Gasteiger partial charge in [0.15, 0.2) is 5.65 Å². The third kappa shape index (κ3) is 3.65. The Morgan fingerprint density at radius 2 is 1.92 bits per heavy atom. The molecule has 1 unspecified atom stereocenters. The van der Waals surface area contributed by atoms with Crippen LogP contribution in [0.3, 0.4) is 0 Å². The fraction of sp³-hybridized carbons (Fsp3) is 0.389. The van der Waals surface area contributed by atoms with Gasteiger partial charge in [0.2, 0.25) is 0 Å². The molecule has 3 heterocycles. The Hall–Kier alpha value is -2.05. The summed E-state index contributed by atoms with van der Waals surface area (Å²) in [7, 11) is 1.92. The molecule has 3 aromatic rings. The average Bonchev–Trinajstić information content (AvgIpc) is 2.95. The predicted molar refractivity (Wildman–Crippen MR) is 97.2 cm³/mol. The number of hydrogen-bond acceptors (Lipinski definition) is 4. The number of nitrogens with zero attached hydrogens (tertiary/aromatic N) is 5. The maximum atomic E-state index is 13.1. The van der Waals surface area contributed by atoms with Gasteiger partial charge >= 0.3 is 0 Å². The third-order valence-corrected chi connectivity index (χ3v) is 4.70. The molecule has 5 nitrogen and oxygen atoms in total. The number of benzene rings is 1. The van der Waals surface area contributed by atoms with Crippen LogP contribution in [0.15, 0.2) is 36.7 Å². The van der Waals surface area contributed by atoms with Gasteiger partial charge in [-0.1, -0.05) is 12.1 Å². The van der Waals surface area contributed by atoms with Crippen LogP contribution >= 0.6 is 12.4 Å². The SMILES string of the molecule is Cl.Cn1nc(C2CCCN(Cc3ccc(F)cc3)C2)c2nccnc21. The zero-order valence-corrected chi connectivity index (χ0v) is 14.9. The van der Waals surface area contributed by atoms with E-state index in [9.17, 15) is 4.39 Å². The van der Waals surface area contributed by atoms with Gasteiger partial charge in [-0.05, 0) is 37.1 Å². The highest BCUT2D eigenvalue weighted by Crippen LogP contribution is 2.30. The summed E-state index contributed by atoms with van der Waals surface area (Å²) in [4.78, 5) is 11.3. The molecule has 0 amide bonds. The van der Waals surface area contributed by atoms with E-state index in [4.69, 9.17) is 0 Å². The number of piperidine rings is 1. The molecule has 0 aliphatic carbocycles. The van der Waals surface area contributed by atoms with Crippen LogP contribution in [0.4, 0.5) is 4.39 Å². The van der Waals surface area contributed by atoms with E-state index < -0.39 is 0 Å². The van der Waals surface area contributed by atoms with E-state index in [-0.39, 0.29) is 18.2 Å². The van der Waals surface area contributed by atoms with Crippen LogP contribution in [0.2, 0.25) is 0 Å². The van der Waals surface area contributed by atoms with Crippen molar-refractivity contribution in [2.75, 3.05) is 13.1 Å². The number of aryl methyl sites for hydroxylation is 1. The molecule has 0 saturated carbocycles. The first-order valence-corrected chi connectivity index (χ1v) is 8.31. The number of likely N-dealkylation sites (tertiary alicyclic amines) is 1. The second kappa shape index (κ2) is 7.45. The first kappa shape index (κ1) is 17.8. The quantitative estimate of drug-likeness (QED) is 0.718. The van der Waals surface area contributed by atoms with E-state index in [1.165, 1.54) is 12.1 Å². The standard InChI is InChI=1S/C18H20FN5.ClH/c1-23-18-17(20-8-9-21-18)16(22-23)14-3-2-10-24(12-14)11-13-4-6-15(19)7-5-13;/h4-9,14H,2-3,10-12H2,1H3;1H. The van der Waals surface area contributed by atoms with Crippen LogP contribution < -0.4 is 0 Å². The second-order valence-electron chi connectivity index (χ2n) is 6.44. The highest BCUT2D eigenvalue weighted by Gasteiger charge is 2.26. The molecule has 132 valence electrons. The summed E-state index contributed by atoms with van der Waals surface area (Å²) in [5.74, 6) is 0.174. The number of rotatable bonds is 3. The van der Waals surface area contributed by atoms with Crippen molar-refractivity contribution in [2.45, 2.75) is 25.3 Å². The van der Waals surface area contributed by atoms with Crippen molar-refractivity contribution < 1.29 is 4.39 Å². The maximum absolute atomic E-state index is 13.1. The number of aromatic nitrogens is 4. The van der Waals surface area contributed by atoms with E-state index in [2.05, 4.69) is 20.0 Å². The molecule has 0 radical (unpaired) electrons. The Labute approximate surface area is 152 Å². The van der Waals surface area contributed by atoms with E-state index in [1.54, 1.807) is 12.4 Å². The molecule has 1 aromatic carbocycles. The molecule has 25 heavy (non-hydrogen) atoms. The summed E-state index contributed by atoms with van der Waals surface area (Å²) in [5, 5.41) is 4.68. The molecule has 1 aliphatic heterocycles. The molecular formula is C18H21ClFN5. The maximum Gasteiger partial charge on any atom is 0.176 e. The highest BCUT2D eigenvalue weighted by atomic mass is 35.5. The third-order valence-electron chi connectivity index (χ3n) is 4.70. The van der Waals surface area contributed by atoms with E-state index >= 15 is 0 Å². The van der Waals surface area contributed by atoms with Crippen molar-refractivity contribution in [1.29, 1.82) is 0 Å². The van der Waals surface area contributed by atoms with E-state index in [1.807, 2.05) is 23.9 Å². The fourth-order valence-electron chi connectivity index (χ4n) is 3.55. The van der Waals surface area contributed by atoms with Crippen molar-refractivity contribution in [2.24, 2.45) is 7.05 Å². The van der Waals surface area contributed by atoms with E-state index in [0.717, 1.165) is 54.9 Å². The van der Waals surface area contributed by atoms with Crippen molar-refractivity contribution in [3.05, 3.63) is 53.7 Å². The monoisotopic (exact) mass is 361 g/mol. The Morgan fingerprint density at radius 1 is 1.16 bits per heavy atom. The first-order chi connectivity index (χ1) is 11.7. The zero-order valence-electron chi connectivity index (χ0n) is 14.1. The minimum Gasteiger partial charge on any atom is -0.298 e. The number of halogens is 2. The van der Waals surface area contributed by atoms with E-state index in [0.29, 0.717) is 5.92 Å². The summed E-state index contributed by atoms with van der Waals surface area (Å²) in [6, 6.07) is 6.78. The normalized spacial score (nSPS) is 18.2. The van der Waals surface area contributed by atoms with Gasteiger partial charge in [-0.2, -0.15) is 5.10 Å². The molecule has 2 aromatic heterocycles. The van der Waals surface area contributed by atoms with Crippen molar-refractivity contribution >= 4 is 23.6 Å². The Bertz CT molecular complexity index is 848. The molecule has 1 atom stereocenters. The summed E-state index contributed by atoms with van der Waals surface area (Å²) in [6.07, 6.45) is 5.68. The number of hydrogen-bond donors (Lipinski definition) is 0.